The number of benzene rings is 1. The van der Waals surface area contributed by atoms with Crippen molar-refractivity contribution >= 4 is 0 Å². The fourth-order valence-electron chi connectivity index (χ4n) is 3.57. The van der Waals surface area contributed by atoms with E-state index >= 15 is 0 Å². The monoisotopic (exact) mass is 277 g/mol. The quantitative estimate of drug-likeness (QED) is 0.917. The van der Waals surface area contributed by atoms with E-state index in [1.807, 2.05) is 13.0 Å². The zero-order valence-electron chi connectivity index (χ0n) is 13.4. The third-order valence-corrected chi connectivity index (χ3v) is 4.95. The predicted octanol–water partition coefficient (Wildman–Crippen LogP) is 3.22. The number of rotatable bonds is 4. The lowest BCUT2D eigenvalue weighted by Crippen LogP contribution is -2.47. The maximum Gasteiger partial charge on any atom is 0.122 e. The van der Waals surface area contributed by atoms with E-state index in [0.29, 0.717) is 0 Å². The van der Waals surface area contributed by atoms with Crippen molar-refractivity contribution < 1.29 is 9.84 Å². The van der Waals surface area contributed by atoms with Crippen molar-refractivity contribution in [1.29, 1.82) is 0 Å². The molecule has 1 aromatic carbocycles. The molecule has 1 aliphatic carbocycles. The van der Waals surface area contributed by atoms with Gasteiger partial charge < -0.3 is 14.7 Å². The van der Waals surface area contributed by atoms with Crippen LogP contribution in [-0.4, -0.2) is 36.8 Å². The Morgan fingerprint density at radius 1 is 1.15 bits per heavy atom. The number of hydrogen-bond donors (Lipinski definition) is 1. The molecule has 0 spiro atoms. The molecule has 1 aromatic rings. The Kier molecular flexibility index (Phi) is 4.40. The zero-order valence-corrected chi connectivity index (χ0v) is 13.4. The van der Waals surface area contributed by atoms with Gasteiger partial charge in [0, 0.05) is 0 Å². The molecule has 3 heteroatoms. The SMILES string of the molecule is COc1cc(C)c(C(O)C2(N(C)C)CCCC2)cc1C. The van der Waals surface area contributed by atoms with Gasteiger partial charge in [-0.25, -0.2) is 0 Å². The molecule has 1 aliphatic rings. The van der Waals surface area contributed by atoms with Gasteiger partial charge in [-0.05, 0) is 69.6 Å². The second-order valence-corrected chi connectivity index (χ2v) is 6.29. The molecule has 0 heterocycles. The molecule has 0 bridgehead atoms. The van der Waals surface area contributed by atoms with Crippen LogP contribution in [0.4, 0.5) is 0 Å². The van der Waals surface area contributed by atoms with E-state index in [4.69, 9.17) is 4.74 Å². The highest BCUT2D eigenvalue weighted by Crippen LogP contribution is 2.44. The molecule has 1 N–H and O–H groups in total. The number of aliphatic hydroxyl groups excluding tert-OH is 1. The predicted molar refractivity (Wildman–Crippen MR) is 82.3 cm³/mol. The van der Waals surface area contributed by atoms with Crippen molar-refractivity contribution in [1.82, 2.24) is 4.90 Å². The summed E-state index contributed by atoms with van der Waals surface area (Å²) in [5.74, 6) is 0.892. The molecule has 1 unspecified atom stereocenters. The molecule has 0 radical (unpaired) electrons. The molecule has 112 valence electrons. The number of aliphatic hydroxyl groups is 1. The summed E-state index contributed by atoms with van der Waals surface area (Å²) in [5, 5.41) is 11.0. The van der Waals surface area contributed by atoms with Gasteiger partial charge in [0.15, 0.2) is 0 Å². The average Bonchev–Trinajstić information content (AvgIpc) is 2.90. The van der Waals surface area contributed by atoms with E-state index in [1.165, 1.54) is 12.8 Å². The van der Waals surface area contributed by atoms with Crippen molar-refractivity contribution in [3.05, 3.63) is 28.8 Å². The van der Waals surface area contributed by atoms with Crippen molar-refractivity contribution in [3.8, 4) is 5.75 Å². The van der Waals surface area contributed by atoms with Gasteiger partial charge in [0.1, 0.15) is 5.75 Å². The fourth-order valence-corrected chi connectivity index (χ4v) is 3.57. The third kappa shape index (κ3) is 2.45. The van der Waals surface area contributed by atoms with Crippen molar-refractivity contribution in [2.45, 2.75) is 51.2 Å². The lowest BCUT2D eigenvalue weighted by Gasteiger charge is -2.41. The molecule has 0 aliphatic heterocycles. The van der Waals surface area contributed by atoms with E-state index in [2.05, 4.69) is 32.0 Å². The minimum atomic E-state index is -0.440. The second-order valence-electron chi connectivity index (χ2n) is 6.29. The minimum Gasteiger partial charge on any atom is -0.496 e. The van der Waals surface area contributed by atoms with Crippen molar-refractivity contribution in [2.24, 2.45) is 0 Å². The minimum absolute atomic E-state index is 0.119. The summed E-state index contributed by atoms with van der Waals surface area (Å²) < 4.78 is 5.37. The highest BCUT2D eigenvalue weighted by atomic mass is 16.5. The summed E-state index contributed by atoms with van der Waals surface area (Å²) in [7, 11) is 5.86. The van der Waals surface area contributed by atoms with E-state index in [-0.39, 0.29) is 5.54 Å². The van der Waals surface area contributed by atoms with Gasteiger partial charge in [-0.15, -0.1) is 0 Å². The van der Waals surface area contributed by atoms with Crippen molar-refractivity contribution in [3.63, 3.8) is 0 Å². The summed E-state index contributed by atoms with van der Waals surface area (Å²) in [5.41, 5.74) is 3.11. The fraction of sp³-hybridized carbons (Fsp3) is 0.647. The molecular formula is C17H27NO2. The van der Waals surface area contributed by atoms with Crippen LogP contribution in [0.3, 0.4) is 0 Å². The molecule has 0 saturated heterocycles. The Bertz CT molecular complexity index is 476. The van der Waals surface area contributed by atoms with Crippen LogP contribution in [0.2, 0.25) is 0 Å². The topological polar surface area (TPSA) is 32.7 Å². The van der Waals surface area contributed by atoms with Gasteiger partial charge >= 0.3 is 0 Å². The molecule has 3 nitrogen and oxygen atoms in total. The zero-order chi connectivity index (χ0) is 14.9. The number of ether oxygens (including phenoxy) is 1. The van der Waals surface area contributed by atoms with Gasteiger partial charge in [0.2, 0.25) is 0 Å². The maximum absolute atomic E-state index is 11.0. The molecule has 1 fully saturated rings. The van der Waals surface area contributed by atoms with Crippen LogP contribution in [0.5, 0.6) is 5.75 Å². The molecule has 2 rings (SSSR count). The normalized spacial score (nSPS) is 19.4. The first-order valence-electron chi connectivity index (χ1n) is 7.43. The lowest BCUT2D eigenvalue weighted by molar-refractivity contribution is -0.00515. The van der Waals surface area contributed by atoms with Crippen LogP contribution < -0.4 is 4.74 Å². The Labute approximate surface area is 122 Å². The summed E-state index contributed by atoms with van der Waals surface area (Å²) in [4.78, 5) is 2.21. The Hall–Kier alpha value is -1.06. The molecular weight excluding hydrogens is 250 g/mol. The van der Waals surface area contributed by atoms with Crippen LogP contribution in [0.15, 0.2) is 12.1 Å². The number of likely N-dealkylation sites (N-methyl/N-ethyl adjacent to an activating group) is 1. The number of aryl methyl sites for hydroxylation is 2. The van der Waals surface area contributed by atoms with Gasteiger partial charge in [0.05, 0.1) is 18.8 Å². The smallest absolute Gasteiger partial charge is 0.122 e. The van der Waals surface area contributed by atoms with Crippen LogP contribution in [0.25, 0.3) is 0 Å². The molecule has 0 amide bonds. The van der Waals surface area contributed by atoms with Crippen LogP contribution in [-0.2, 0) is 0 Å². The molecule has 1 saturated carbocycles. The lowest BCUT2D eigenvalue weighted by atomic mass is 9.82. The first-order chi connectivity index (χ1) is 9.42. The van der Waals surface area contributed by atoms with E-state index in [1.54, 1.807) is 7.11 Å². The van der Waals surface area contributed by atoms with Gasteiger partial charge in [-0.1, -0.05) is 12.8 Å². The summed E-state index contributed by atoms with van der Waals surface area (Å²) in [6, 6.07) is 4.12. The summed E-state index contributed by atoms with van der Waals surface area (Å²) >= 11 is 0. The van der Waals surface area contributed by atoms with E-state index < -0.39 is 6.10 Å². The first kappa shape index (κ1) is 15.3. The van der Waals surface area contributed by atoms with Crippen LogP contribution >= 0.6 is 0 Å². The number of methoxy groups -OCH3 is 1. The van der Waals surface area contributed by atoms with Gasteiger partial charge in [-0.2, -0.15) is 0 Å². The summed E-state index contributed by atoms with van der Waals surface area (Å²) in [6.07, 6.45) is 4.08. The largest absolute Gasteiger partial charge is 0.496 e. The second kappa shape index (κ2) is 5.74. The number of hydrogen-bond acceptors (Lipinski definition) is 3. The van der Waals surface area contributed by atoms with Crippen LogP contribution in [0, 0.1) is 13.8 Å². The van der Waals surface area contributed by atoms with Crippen molar-refractivity contribution in [2.75, 3.05) is 21.2 Å². The third-order valence-electron chi connectivity index (χ3n) is 4.95. The maximum atomic E-state index is 11.0. The van der Waals surface area contributed by atoms with Crippen LogP contribution in [0.1, 0.15) is 48.5 Å². The van der Waals surface area contributed by atoms with E-state index in [0.717, 1.165) is 35.3 Å². The highest BCUT2D eigenvalue weighted by Gasteiger charge is 2.43. The Morgan fingerprint density at radius 2 is 1.75 bits per heavy atom. The van der Waals surface area contributed by atoms with Gasteiger partial charge in [-0.3, -0.25) is 0 Å². The number of nitrogens with zero attached hydrogens (tertiary/aromatic N) is 1. The average molecular weight is 277 g/mol. The highest BCUT2D eigenvalue weighted by molar-refractivity contribution is 5.43. The molecule has 1 atom stereocenters. The van der Waals surface area contributed by atoms with Gasteiger partial charge in [0.25, 0.3) is 0 Å². The standard InChI is InChI=1S/C17H27NO2/c1-12-11-15(20-5)13(2)10-14(12)16(19)17(18(3)4)8-6-7-9-17/h10-11,16,19H,6-9H2,1-5H3. The first-order valence-corrected chi connectivity index (χ1v) is 7.43. The Morgan fingerprint density at radius 3 is 2.25 bits per heavy atom. The summed E-state index contributed by atoms with van der Waals surface area (Å²) in [6.45, 7) is 4.09. The van der Waals surface area contributed by atoms with E-state index in [9.17, 15) is 5.11 Å². The molecule has 0 aromatic heterocycles. The molecule has 20 heavy (non-hydrogen) atoms. The Balaban J connectivity index is 2.42.